The van der Waals surface area contributed by atoms with Gasteiger partial charge in [-0.1, -0.05) is 12.1 Å². The van der Waals surface area contributed by atoms with Gasteiger partial charge in [0.2, 0.25) is 0 Å². The van der Waals surface area contributed by atoms with Gasteiger partial charge in [-0.15, -0.1) is 0 Å². The van der Waals surface area contributed by atoms with Gasteiger partial charge in [-0.05, 0) is 46.3 Å². The number of para-hydroxylation sites is 1. The van der Waals surface area contributed by atoms with Crippen LogP contribution in [0, 0.1) is 0 Å². The van der Waals surface area contributed by atoms with E-state index in [9.17, 15) is 4.79 Å². The molecule has 0 bridgehead atoms. The highest BCUT2D eigenvalue weighted by Crippen LogP contribution is 2.39. The summed E-state index contributed by atoms with van der Waals surface area (Å²) in [5.74, 6) is 1.26. The topological polar surface area (TPSA) is 47.6 Å². The molecule has 3 rings (SSSR count). The van der Waals surface area contributed by atoms with E-state index in [-0.39, 0.29) is 5.91 Å². The molecule has 1 amide bonds. The van der Waals surface area contributed by atoms with Gasteiger partial charge in [-0.2, -0.15) is 0 Å². The molecule has 1 aliphatic rings. The highest BCUT2D eigenvalue weighted by Gasteiger charge is 2.26. The van der Waals surface area contributed by atoms with Gasteiger partial charge in [-0.25, -0.2) is 0 Å². The molecule has 0 saturated heterocycles. The van der Waals surface area contributed by atoms with E-state index < -0.39 is 0 Å². The van der Waals surface area contributed by atoms with Crippen molar-refractivity contribution in [2.45, 2.75) is 0 Å². The van der Waals surface area contributed by atoms with Crippen molar-refractivity contribution in [2.24, 2.45) is 0 Å². The highest BCUT2D eigenvalue weighted by molar-refractivity contribution is 9.10. The number of halogens is 1. The van der Waals surface area contributed by atoms with E-state index in [0.29, 0.717) is 17.1 Å². The third kappa shape index (κ3) is 2.48. The van der Waals surface area contributed by atoms with Crippen LogP contribution >= 0.6 is 15.9 Å². The van der Waals surface area contributed by atoms with E-state index >= 15 is 0 Å². The summed E-state index contributed by atoms with van der Waals surface area (Å²) in [7, 11) is 3.20. The molecular weight excluding hydrogens is 346 g/mol. The minimum atomic E-state index is -0.133. The summed E-state index contributed by atoms with van der Waals surface area (Å²) in [4.78, 5) is 12.3. The fourth-order valence-electron chi connectivity index (χ4n) is 2.43. The molecular formula is C17H14BrNO3. The first-order chi connectivity index (χ1) is 10.6. The van der Waals surface area contributed by atoms with Crippen LogP contribution in [-0.4, -0.2) is 20.1 Å². The van der Waals surface area contributed by atoms with Crippen LogP contribution in [0.4, 0.5) is 5.69 Å². The van der Waals surface area contributed by atoms with E-state index in [0.717, 1.165) is 21.3 Å². The largest absolute Gasteiger partial charge is 0.497 e. The smallest absolute Gasteiger partial charge is 0.256 e. The van der Waals surface area contributed by atoms with E-state index in [1.165, 1.54) is 0 Å². The Hall–Kier alpha value is -2.27. The number of rotatable bonds is 3. The summed E-state index contributed by atoms with van der Waals surface area (Å²) < 4.78 is 11.5. The maximum atomic E-state index is 12.3. The van der Waals surface area contributed by atoms with Crippen LogP contribution in [0.3, 0.4) is 0 Å². The number of fused-ring (bicyclic) bond motifs is 1. The first kappa shape index (κ1) is 14.7. The third-order valence-corrected chi connectivity index (χ3v) is 4.18. The molecule has 2 aromatic rings. The maximum absolute atomic E-state index is 12.3. The van der Waals surface area contributed by atoms with Gasteiger partial charge in [0.25, 0.3) is 5.91 Å². The molecule has 0 unspecified atom stereocenters. The first-order valence-corrected chi connectivity index (χ1v) is 7.47. The second-order valence-electron chi connectivity index (χ2n) is 4.78. The summed E-state index contributed by atoms with van der Waals surface area (Å²) in [5.41, 5.74) is 3.05. The molecule has 4 nitrogen and oxygen atoms in total. The van der Waals surface area contributed by atoms with E-state index in [4.69, 9.17) is 9.47 Å². The second-order valence-corrected chi connectivity index (χ2v) is 5.64. The van der Waals surface area contributed by atoms with Crippen LogP contribution in [0.25, 0.3) is 11.6 Å². The summed E-state index contributed by atoms with van der Waals surface area (Å²) in [6.45, 7) is 0. The fourth-order valence-corrected chi connectivity index (χ4v) is 2.90. The molecule has 22 heavy (non-hydrogen) atoms. The van der Waals surface area contributed by atoms with Crippen molar-refractivity contribution in [2.75, 3.05) is 19.5 Å². The van der Waals surface area contributed by atoms with Gasteiger partial charge in [0.1, 0.15) is 11.5 Å². The van der Waals surface area contributed by atoms with Gasteiger partial charge < -0.3 is 14.8 Å². The standard InChI is InChI=1S/C17H14BrNO3/c1-21-11-6-7-15(22-2)10(8-11)9-13-12-4-3-5-14(18)16(12)19-17(13)20/h3-9H,1-2H3,(H,19,20)/b13-9-. The lowest BCUT2D eigenvalue weighted by Crippen LogP contribution is -2.04. The average molecular weight is 360 g/mol. The average Bonchev–Trinajstić information content (AvgIpc) is 2.85. The van der Waals surface area contributed by atoms with Crippen molar-refractivity contribution in [1.29, 1.82) is 0 Å². The van der Waals surface area contributed by atoms with Crippen molar-refractivity contribution < 1.29 is 14.3 Å². The molecule has 1 heterocycles. The highest BCUT2D eigenvalue weighted by atomic mass is 79.9. The van der Waals surface area contributed by atoms with Crippen molar-refractivity contribution in [1.82, 2.24) is 0 Å². The van der Waals surface area contributed by atoms with Crippen LogP contribution < -0.4 is 14.8 Å². The van der Waals surface area contributed by atoms with Crippen LogP contribution in [-0.2, 0) is 4.79 Å². The summed E-state index contributed by atoms with van der Waals surface area (Å²) in [6, 6.07) is 11.2. The summed E-state index contributed by atoms with van der Waals surface area (Å²) in [6.07, 6.45) is 1.81. The minimum absolute atomic E-state index is 0.133. The van der Waals surface area contributed by atoms with Crippen molar-refractivity contribution in [3.8, 4) is 11.5 Å². The van der Waals surface area contributed by atoms with E-state index in [1.807, 2.05) is 42.5 Å². The Kier molecular flexibility index (Phi) is 3.90. The number of anilines is 1. The third-order valence-electron chi connectivity index (χ3n) is 3.52. The molecule has 0 spiro atoms. The molecule has 0 fully saturated rings. The Bertz CT molecular complexity index is 783. The minimum Gasteiger partial charge on any atom is -0.497 e. The number of ether oxygens (including phenoxy) is 2. The van der Waals surface area contributed by atoms with Crippen LogP contribution in [0.1, 0.15) is 11.1 Å². The van der Waals surface area contributed by atoms with Crippen LogP contribution in [0.5, 0.6) is 11.5 Å². The van der Waals surface area contributed by atoms with Crippen molar-refractivity contribution in [3.63, 3.8) is 0 Å². The molecule has 0 radical (unpaired) electrons. The molecule has 0 atom stereocenters. The Morgan fingerprint density at radius 1 is 1.14 bits per heavy atom. The number of methoxy groups -OCH3 is 2. The van der Waals surface area contributed by atoms with Crippen LogP contribution in [0.15, 0.2) is 40.9 Å². The number of amides is 1. The zero-order chi connectivity index (χ0) is 15.7. The van der Waals surface area contributed by atoms with Gasteiger partial charge >= 0.3 is 0 Å². The van der Waals surface area contributed by atoms with E-state index in [2.05, 4.69) is 21.2 Å². The summed E-state index contributed by atoms with van der Waals surface area (Å²) >= 11 is 3.45. The number of hydrogen-bond donors (Lipinski definition) is 1. The molecule has 1 aliphatic heterocycles. The lowest BCUT2D eigenvalue weighted by Gasteiger charge is -2.08. The normalized spacial score (nSPS) is 14.7. The Labute approximate surface area is 136 Å². The van der Waals surface area contributed by atoms with E-state index in [1.54, 1.807) is 14.2 Å². The van der Waals surface area contributed by atoms with Crippen LogP contribution in [0.2, 0.25) is 0 Å². The summed E-state index contributed by atoms with van der Waals surface area (Å²) in [5, 5.41) is 2.88. The zero-order valence-corrected chi connectivity index (χ0v) is 13.7. The monoisotopic (exact) mass is 359 g/mol. The second kappa shape index (κ2) is 5.85. The molecule has 0 aliphatic carbocycles. The number of hydrogen-bond acceptors (Lipinski definition) is 3. The SMILES string of the molecule is COc1ccc(OC)c(/C=C2\C(=O)Nc3c(Br)cccc32)c1. The lowest BCUT2D eigenvalue weighted by atomic mass is 10.0. The number of benzene rings is 2. The lowest BCUT2D eigenvalue weighted by molar-refractivity contribution is -0.110. The molecule has 1 N–H and O–H groups in total. The van der Waals surface area contributed by atoms with Crippen molar-refractivity contribution in [3.05, 3.63) is 52.0 Å². The molecule has 2 aromatic carbocycles. The maximum Gasteiger partial charge on any atom is 0.256 e. The molecule has 112 valence electrons. The van der Waals surface area contributed by atoms with Gasteiger partial charge in [0.15, 0.2) is 0 Å². The molecule has 0 aromatic heterocycles. The Morgan fingerprint density at radius 2 is 1.95 bits per heavy atom. The quantitative estimate of drug-likeness (QED) is 0.843. The number of carbonyl (C=O) groups excluding carboxylic acids is 1. The Morgan fingerprint density at radius 3 is 2.68 bits per heavy atom. The number of nitrogens with one attached hydrogen (secondary N) is 1. The predicted molar refractivity (Wildman–Crippen MR) is 90.2 cm³/mol. The molecule has 5 heteroatoms. The van der Waals surface area contributed by atoms with Gasteiger partial charge in [0.05, 0.1) is 19.9 Å². The first-order valence-electron chi connectivity index (χ1n) is 6.68. The molecule has 0 saturated carbocycles. The zero-order valence-electron chi connectivity index (χ0n) is 12.1. The fraction of sp³-hybridized carbons (Fsp3) is 0.118. The van der Waals surface area contributed by atoms with Gasteiger partial charge in [0, 0.05) is 21.2 Å². The van der Waals surface area contributed by atoms with Crippen molar-refractivity contribution >= 4 is 39.2 Å². The predicted octanol–water partition coefficient (Wildman–Crippen LogP) is 3.96. The Balaban J connectivity index is 2.14. The number of carbonyl (C=O) groups is 1. The van der Waals surface area contributed by atoms with Gasteiger partial charge in [-0.3, -0.25) is 4.79 Å².